The zero-order valence-corrected chi connectivity index (χ0v) is 13.7. The average molecular weight is 332 g/mol. The molecular formula is C16H20N4O4. The van der Waals surface area contributed by atoms with Gasteiger partial charge in [0, 0.05) is 38.3 Å². The highest BCUT2D eigenvalue weighted by atomic mass is 16.5. The van der Waals surface area contributed by atoms with E-state index in [1.54, 1.807) is 21.9 Å². The Morgan fingerprint density at radius 1 is 1.33 bits per heavy atom. The number of carbonyl (C=O) groups excluding carboxylic acids is 3. The summed E-state index contributed by atoms with van der Waals surface area (Å²) in [4.78, 5) is 43.5. The number of nitrogens with zero attached hydrogens (tertiary/aromatic N) is 3. The molecule has 8 heteroatoms. The molecule has 8 nitrogen and oxygen atoms in total. The standard InChI is InChI=1S/C16H20N4O4/c1-10(21)18-12-5-13-8-19(9-15(22)20(13)7-12)16(23)11-3-4-14(24-2)17-6-11/h3-4,6,12-13H,5,7-9H2,1-2H3,(H,18,21)/t12-,13-/m0/s1. The number of amides is 3. The molecule has 0 spiro atoms. The van der Waals surface area contributed by atoms with E-state index in [4.69, 9.17) is 4.74 Å². The van der Waals surface area contributed by atoms with E-state index < -0.39 is 0 Å². The van der Waals surface area contributed by atoms with Gasteiger partial charge in [-0.3, -0.25) is 14.4 Å². The van der Waals surface area contributed by atoms with Crippen LogP contribution in [0.2, 0.25) is 0 Å². The Hall–Kier alpha value is -2.64. The zero-order valence-electron chi connectivity index (χ0n) is 13.7. The van der Waals surface area contributed by atoms with E-state index in [-0.39, 0.29) is 36.3 Å². The quantitative estimate of drug-likeness (QED) is 0.817. The van der Waals surface area contributed by atoms with E-state index in [1.807, 2.05) is 0 Å². The van der Waals surface area contributed by atoms with Crippen molar-refractivity contribution in [2.75, 3.05) is 26.7 Å². The van der Waals surface area contributed by atoms with Gasteiger partial charge in [0.1, 0.15) is 6.54 Å². The largest absolute Gasteiger partial charge is 0.481 e. The molecule has 3 amide bonds. The minimum Gasteiger partial charge on any atom is -0.481 e. The summed E-state index contributed by atoms with van der Waals surface area (Å²) in [5, 5.41) is 2.85. The van der Waals surface area contributed by atoms with E-state index in [9.17, 15) is 14.4 Å². The van der Waals surface area contributed by atoms with Crippen molar-refractivity contribution in [3.8, 4) is 5.88 Å². The van der Waals surface area contributed by atoms with Gasteiger partial charge in [-0.1, -0.05) is 0 Å². The number of aromatic nitrogens is 1. The van der Waals surface area contributed by atoms with Crippen LogP contribution in [0.3, 0.4) is 0 Å². The Labute approximate surface area is 139 Å². The fourth-order valence-corrected chi connectivity index (χ4v) is 3.33. The Bertz CT molecular complexity index is 661. The minimum absolute atomic E-state index is 0.0471. The van der Waals surface area contributed by atoms with Crippen LogP contribution in [-0.4, -0.2) is 71.3 Å². The molecule has 128 valence electrons. The van der Waals surface area contributed by atoms with Gasteiger partial charge < -0.3 is 19.9 Å². The molecule has 0 aliphatic carbocycles. The number of hydrogen-bond acceptors (Lipinski definition) is 5. The summed E-state index contributed by atoms with van der Waals surface area (Å²) >= 11 is 0. The van der Waals surface area contributed by atoms with Crippen LogP contribution in [0.5, 0.6) is 5.88 Å². The van der Waals surface area contributed by atoms with Crippen molar-refractivity contribution in [1.29, 1.82) is 0 Å². The number of rotatable bonds is 3. The van der Waals surface area contributed by atoms with Crippen LogP contribution in [-0.2, 0) is 9.59 Å². The van der Waals surface area contributed by atoms with Gasteiger partial charge in [0.2, 0.25) is 17.7 Å². The molecule has 1 aromatic rings. The van der Waals surface area contributed by atoms with Gasteiger partial charge in [-0.2, -0.15) is 0 Å². The second-order valence-corrected chi connectivity index (χ2v) is 6.11. The Morgan fingerprint density at radius 2 is 2.12 bits per heavy atom. The molecule has 2 saturated heterocycles. The van der Waals surface area contributed by atoms with Gasteiger partial charge in [0.25, 0.3) is 5.91 Å². The van der Waals surface area contributed by atoms with E-state index >= 15 is 0 Å². The van der Waals surface area contributed by atoms with Crippen LogP contribution >= 0.6 is 0 Å². The Kier molecular flexibility index (Phi) is 4.37. The maximum Gasteiger partial charge on any atom is 0.255 e. The van der Waals surface area contributed by atoms with Crippen molar-refractivity contribution in [1.82, 2.24) is 20.1 Å². The van der Waals surface area contributed by atoms with Crippen LogP contribution in [0, 0.1) is 0 Å². The molecule has 0 unspecified atom stereocenters. The normalized spacial score (nSPS) is 23.0. The van der Waals surface area contributed by atoms with Gasteiger partial charge in [-0.05, 0) is 12.5 Å². The van der Waals surface area contributed by atoms with Crippen molar-refractivity contribution < 1.29 is 19.1 Å². The number of fused-ring (bicyclic) bond motifs is 1. The van der Waals surface area contributed by atoms with Crippen molar-refractivity contribution in [3.05, 3.63) is 23.9 Å². The minimum atomic E-state index is -0.221. The third-order valence-electron chi connectivity index (χ3n) is 4.38. The number of carbonyl (C=O) groups is 3. The molecule has 0 bridgehead atoms. The third-order valence-corrected chi connectivity index (χ3v) is 4.38. The fourth-order valence-electron chi connectivity index (χ4n) is 3.33. The van der Waals surface area contributed by atoms with Crippen LogP contribution in [0.1, 0.15) is 23.7 Å². The summed E-state index contributed by atoms with van der Waals surface area (Å²) in [6, 6.07) is 3.15. The van der Waals surface area contributed by atoms with Crippen molar-refractivity contribution in [2.24, 2.45) is 0 Å². The number of pyridine rings is 1. The topological polar surface area (TPSA) is 91.8 Å². The van der Waals surface area contributed by atoms with E-state index in [2.05, 4.69) is 10.3 Å². The van der Waals surface area contributed by atoms with Gasteiger partial charge in [0.15, 0.2) is 0 Å². The van der Waals surface area contributed by atoms with Gasteiger partial charge in [-0.25, -0.2) is 4.98 Å². The lowest BCUT2D eigenvalue weighted by atomic mass is 10.1. The Morgan fingerprint density at radius 3 is 2.75 bits per heavy atom. The molecule has 1 N–H and O–H groups in total. The summed E-state index contributed by atoms with van der Waals surface area (Å²) in [5.74, 6) is 0.0148. The fraction of sp³-hybridized carbons (Fsp3) is 0.500. The zero-order chi connectivity index (χ0) is 17.3. The number of methoxy groups -OCH3 is 1. The van der Waals surface area contributed by atoms with Gasteiger partial charge in [-0.15, -0.1) is 0 Å². The molecule has 1 aromatic heterocycles. The first-order valence-corrected chi connectivity index (χ1v) is 7.84. The average Bonchev–Trinajstić information content (AvgIpc) is 2.96. The summed E-state index contributed by atoms with van der Waals surface area (Å²) in [6.45, 7) is 2.49. The van der Waals surface area contributed by atoms with Crippen LogP contribution in [0.15, 0.2) is 18.3 Å². The lowest BCUT2D eigenvalue weighted by molar-refractivity contribution is -0.136. The second kappa shape index (κ2) is 6.46. The number of nitrogens with one attached hydrogen (secondary N) is 1. The van der Waals surface area contributed by atoms with E-state index in [0.29, 0.717) is 31.0 Å². The molecule has 2 aliphatic rings. The molecule has 0 aromatic carbocycles. The second-order valence-electron chi connectivity index (χ2n) is 6.11. The van der Waals surface area contributed by atoms with Crippen molar-refractivity contribution in [3.63, 3.8) is 0 Å². The SMILES string of the molecule is COc1ccc(C(=O)N2CC(=O)N3C[C@@H](NC(C)=O)C[C@H]3C2)cn1. The molecule has 24 heavy (non-hydrogen) atoms. The predicted molar refractivity (Wildman–Crippen MR) is 84.4 cm³/mol. The first-order valence-electron chi connectivity index (χ1n) is 7.84. The van der Waals surface area contributed by atoms with Crippen molar-refractivity contribution >= 4 is 17.7 Å². The third kappa shape index (κ3) is 3.17. The van der Waals surface area contributed by atoms with Crippen molar-refractivity contribution in [2.45, 2.75) is 25.4 Å². The van der Waals surface area contributed by atoms with Crippen LogP contribution in [0.4, 0.5) is 0 Å². The smallest absolute Gasteiger partial charge is 0.255 e. The van der Waals surface area contributed by atoms with Gasteiger partial charge >= 0.3 is 0 Å². The summed E-state index contributed by atoms with van der Waals surface area (Å²) in [7, 11) is 1.51. The van der Waals surface area contributed by atoms with E-state index in [1.165, 1.54) is 20.2 Å². The monoisotopic (exact) mass is 332 g/mol. The summed E-state index contributed by atoms with van der Waals surface area (Å²) in [6.07, 6.45) is 2.11. The lowest BCUT2D eigenvalue weighted by Gasteiger charge is -2.36. The van der Waals surface area contributed by atoms with E-state index in [0.717, 1.165) is 0 Å². The Balaban J connectivity index is 1.69. The van der Waals surface area contributed by atoms with Gasteiger partial charge in [0.05, 0.1) is 18.7 Å². The molecule has 2 atom stereocenters. The maximum atomic E-state index is 12.6. The highest BCUT2D eigenvalue weighted by Gasteiger charge is 2.41. The first kappa shape index (κ1) is 16.2. The molecule has 0 radical (unpaired) electrons. The molecule has 3 heterocycles. The highest BCUT2D eigenvalue weighted by Crippen LogP contribution is 2.24. The number of ether oxygens (including phenoxy) is 1. The molecule has 0 saturated carbocycles. The number of hydrogen-bond donors (Lipinski definition) is 1. The highest BCUT2D eigenvalue weighted by molar-refractivity contribution is 5.97. The van der Waals surface area contributed by atoms with Crippen LogP contribution in [0.25, 0.3) is 0 Å². The summed E-state index contributed by atoms with van der Waals surface area (Å²) in [5.41, 5.74) is 0.424. The van der Waals surface area contributed by atoms with Crippen LogP contribution < -0.4 is 10.1 Å². The number of piperazine rings is 1. The maximum absolute atomic E-state index is 12.6. The first-order chi connectivity index (χ1) is 11.5. The lowest BCUT2D eigenvalue weighted by Crippen LogP contribution is -2.55. The molecule has 3 rings (SSSR count). The molecule has 2 aliphatic heterocycles. The molecular weight excluding hydrogens is 312 g/mol. The molecule has 2 fully saturated rings. The summed E-state index contributed by atoms with van der Waals surface area (Å²) < 4.78 is 4.98. The predicted octanol–water partition coefficient (Wildman–Crippen LogP) is -0.348.